The molecule has 0 spiro atoms. The Morgan fingerprint density at radius 3 is 2.47 bits per heavy atom. The topological polar surface area (TPSA) is 74.8 Å². The van der Waals surface area contributed by atoms with Crippen molar-refractivity contribution in [1.82, 2.24) is 24.1 Å². The molecule has 0 aliphatic heterocycles. The van der Waals surface area contributed by atoms with Crippen LogP contribution in [0.25, 0.3) is 38.9 Å². The third-order valence-electron chi connectivity index (χ3n) is 5.06. The molecule has 0 N–H and O–H groups in total. The normalized spacial score (nSPS) is 11.7. The van der Waals surface area contributed by atoms with Crippen molar-refractivity contribution in [3.63, 3.8) is 0 Å². The van der Waals surface area contributed by atoms with Crippen LogP contribution in [0.2, 0.25) is 5.02 Å². The van der Waals surface area contributed by atoms with Crippen molar-refractivity contribution in [1.29, 1.82) is 0 Å². The lowest BCUT2D eigenvalue weighted by atomic mass is 10.3. The molecule has 5 rings (SSSR count). The third-order valence-corrected chi connectivity index (χ3v) is 5.31. The number of benzene rings is 2. The molecule has 0 amide bonds. The van der Waals surface area contributed by atoms with Crippen LogP contribution in [-0.4, -0.2) is 37.8 Å². The number of rotatable bonds is 5. The zero-order valence-corrected chi connectivity index (χ0v) is 17.0. The van der Waals surface area contributed by atoms with Crippen LogP contribution in [-0.2, 0) is 11.3 Å². The summed E-state index contributed by atoms with van der Waals surface area (Å²) in [4.78, 5) is 27.6. The molecule has 0 atom stereocenters. The van der Waals surface area contributed by atoms with Crippen LogP contribution in [0.3, 0.4) is 0 Å². The van der Waals surface area contributed by atoms with Crippen LogP contribution in [0, 0.1) is 0 Å². The van der Waals surface area contributed by atoms with Gasteiger partial charge in [-0.1, -0.05) is 23.7 Å². The summed E-state index contributed by atoms with van der Waals surface area (Å²) < 4.78 is 8.57. The number of hydrogen-bond donors (Lipinski definition) is 0. The summed E-state index contributed by atoms with van der Waals surface area (Å²) in [6, 6.07) is 15.0. The van der Waals surface area contributed by atoms with Crippen LogP contribution in [0.15, 0.2) is 59.7 Å². The standard InChI is InChI=1S/C22H18ClN5O2/c1-30-12-4-11-27-13-24-20-18(22(27)29)19-21(26-17-6-3-2-5-16(17)25-19)28(20)15-9-7-14(23)8-10-15/h2-3,5-10,13H,4,11-12H2,1H3. The number of methoxy groups -OCH3 is 1. The molecule has 0 aliphatic carbocycles. The smallest absolute Gasteiger partial charge is 0.265 e. The zero-order chi connectivity index (χ0) is 20.7. The molecule has 3 heterocycles. The quantitative estimate of drug-likeness (QED) is 0.403. The summed E-state index contributed by atoms with van der Waals surface area (Å²) in [6.07, 6.45) is 2.29. The lowest BCUT2D eigenvalue weighted by Gasteiger charge is -2.07. The van der Waals surface area contributed by atoms with E-state index in [-0.39, 0.29) is 5.56 Å². The van der Waals surface area contributed by atoms with Gasteiger partial charge in [0.2, 0.25) is 0 Å². The van der Waals surface area contributed by atoms with E-state index < -0.39 is 0 Å². The number of ether oxygens (including phenoxy) is 1. The zero-order valence-electron chi connectivity index (χ0n) is 16.2. The van der Waals surface area contributed by atoms with Gasteiger partial charge in [0, 0.05) is 31.0 Å². The Balaban J connectivity index is 1.86. The van der Waals surface area contributed by atoms with Gasteiger partial charge in [0.25, 0.3) is 5.56 Å². The van der Waals surface area contributed by atoms with Gasteiger partial charge in [0.15, 0.2) is 11.3 Å². The number of halogens is 1. The fourth-order valence-electron chi connectivity index (χ4n) is 3.65. The number of hydrogen-bond acceptors (Lipinski definition) is 5. The van der Waals surface area contributed by atoms with E-state index in [1.165, 1.54) is 0 Å². The van der Waals surface area contributed by atoms with Gasteiger partial charge in [0.05, 0.1) is 17.4 Å². The first-order valence-electron chi connectivity index (χ1n) is 9.58. The van der Waals surface area contributed by atoms with E-state index in [1.807, 2.05) is 41.0 Å². The lowest BCUT2D eigenvalue weighted by Crippen LogP contribution is -2.21. The first-order chi connectivity index (χ1) is 14.7. The molecule has 30 heavy (non-hydrogen) atoms. The van der Waals surface area contributed by atoms with Crippen LogP contribution >= 0.6 is 11.6 Å². The third kappa shape index (κ3) is 3.03. The van der Waals surface area contributed by atoms with Gasteiger partial charge in [-0.05, 0) is 42.8 Å². The Morgan fingerprint density at radius 1 is 1.00 bits per heavy atom. The monoisotopic (exact) mass is 419 g/mol. The number of fused-ring (bicyclic) bond motifs is 4. The highest BCUT2D eigenvalue weighted by atomic mass is 35.5. The van der Waals surface area contributed by atoms with Crippen molar-refractivity contribution in [2.45, 2.75) is 13.0 Å². The Bertz CT molecular complexity index is 1440. The Morgan fingerprint density at radius 2 is 1.73 bits per heavy atom. The van der Waals surface area contributed by atoms with Crippen LogP contribution in [0.4, 0.5) is 0 Å². The average molecular weight is 420 g/mol. The van der Waals surface area contributed by atoms with E-state index >= 15 is 0 Å². The van der Waals surface area contributed by atoms with Gasteiger partial charge in [-0.2, -0.15) is 0 Å². The molecule has 0 fully saturated rings. The average Bonchev–Trinajstić information content (AvgIpc) is 3.08. The second kappa shape index (κ2) is 7.51. The second-order valence-electron chi connectivity index (χ2n) is 6.98. The van der Waals surface area contributed by atoms with Crippen molar-refractivity contribution in [2.24, 2.45) is 0 Å². The largest absolute Gasteiger partial charge is 0.385 e. The fraction of sp³-hybridized carbons (Fsp3) is 0.182. The molecule has 5 aromatic rings. The van der Waals surface area contributed by atoms with Crippen molar-refractivity contribution >= 4 is 44.8 Å². The second-order valence-corrected chi connectivity index (χ2v) is 7.42. The maximum Gasteiger partial charge on any atom is 0.265 e. The van der Waals surface area contributed by atoms with Gasteiger partial charge in [-0.25, -0.2) is 15.0 Å². The summed E-state index contributed by atoms with van der Waals surface area (Å²) in [5.74, 6) is 0. The number of nitrogens with zero attached hydrogens (tertiary/aromatic N) is 5. The fourth-order valence-corrected chi connectivity index (χ4v) is 3.77. The van der Waals surface area contributed by atoms with Crippen molar-refractivity contribution < 1.29 is 4.74 Å². The molecule has 0 bridgehead atoms. The molecular weight excluding hydrogens is 402 g/mol. The summed E-state index contributed by atoms with van der Waals surface area (Å²) in [5.41, 5.74) is 3.81. The first kappa shape index (κ1) is 18.7. The minimum Gasteiger partial charge on any atom is -0.385 e. The molecule has 2 aromatic carbocycles. The Hall–Kier alpha value is -3.29. The highest BCUT2D eigenvalue weighted by Gasteiger charge is 2.20. The molecule has 0 unspecified atom stereocenters. The summed E-state index contributed by atoms with van der Waals surface area (Å²) in [7, 11) is 1.64. The molecule has 0 radical (unpaired) electrons. The predicted molar refractivity (Wildman–Crippen MR) is 117 cm³/mol. The van der Waals surface area contributed by atoms with Crippen LogP contribution in [0.5, 0.6) is 0 Å². The lowest BCUT2D eigenvalue weighted by molar-refractivity contribution is 0.190. The first-order valence-corrected chi connectivity index (χ1v) is 9.96. The molecule has 3 aromatic heterocycles. The highest BCUT2D eigenvalue weighted by Crippen LogP contribution is 2.28. The van der Waals surface area contributed by atoms with E-state index in [2.05, 4.69) is 4.98 Å². The van der Waals surface area contributed by atoms with Crippen molar-refractivity contribution in [2.75, 3.05) is 13.7 Å². The van der Waals surface area contributed by atoms with Gasteiger partial charge in [-0.15, -0.1) is 0 Å². The molecule has 0 saturated carbocycles. The molecule has 150 valence electrons. The number of aryl methyl sites for hydroxylation is 1. The van der Waals surface area contributed by atoms with Crippen LogP contribution in [0.1, 0.15) is 6.42 Å². The Kier molecular flexibility index (Phi) is 4.69. The van der Waals surface area contributed by atoms with Gasteiger partial charge >= 0.3 is 0 Å². The van der Waals surface area contributed by atoms with Crippen LogP contribution < -0.4 is 5.56 Å². The van der Waals surface area contributed by atoms with E-state index in [0.717, 1.165) is 16.7 Å². The minimum absolute atomic E-state index is 0.140. The van der Waals surface area contributed by atoms with Crippen molar-refractivity contribution in [3.05, 3.63) is 70.2 Å². The SMILES string of the molecule is COCCCn1cnc2c(c1=O)c1nc3ccccc3nc1n2-c1ccc(Cl)cc1. The molecular formula is C22H18ClN5O2. The van der Waals surface area contributed by atoms with Gasteiger partial charge in [-0.3, -0.25) is 13.9 Å². The minimum atomic E-state index is -0.140. The number of para-hydroxylation sites is 2. The maximum atomic E-state index is 13.4. The summed E-state index contributed by atoms with van der Waals surface area (Å²) in [6.45, 7) is 1.09. The molecule has 0 saturated heterocycles. The molecule has 8 heteroatoms. The van der Waals surface area contributed by atoms with E-state index in [9.17, 15) is 4.79 Å². The maximum absolute atomic E-state index is 13.4. The predicted octanol–water partition coefficient (Wildman–Crippen LogP) is 3.97. The van der Waals surface area contributed by atoms with Gasteiger partial charge in [0.1, 0.15) is 10.9 Å². The summed E-state index contributed by atoms with van der Waals surface area (Å²) in [5, 5.41) is 1.09. The van der Waals surface area contributed by atoms with E-state index in [1.54, 1.807) is 30.1 Å². The summed E-state index contributed by atoms with van der Waals surface area (Å²) >= 11 is 6.08. The molecule has 7 nitrogen and oxygen atoms in total. The van der Waals surface area contributed by atoms with E-state index in [4.69, 9.17) is 26.3 Å². The number of aromatic nitrogens is 5. The molecule has 0 aliphatic rings. The Labute approximate surface area is 176 Å². The van der Waals surface area contributed by atoms with E-state index in [0.29, 0.717) is 46.8 Å². The van der Waals surface area contributed by atoms with Gasteiger partial charge < -0.3 is 4.74 Å². The van der Waals surface area contributed by atoms with Crippen molar-refractivity contribution in [3.8, 4) is 5.69 Å². The highest BCUT2D eigenvalue weighted by molar-refractivity contribution is 6.30.